The Kier molecular flexibility index (Phi) is 6.51. The van der Waals surface area contributed by atoms with Gasteiger partial charge in [0.25, 0.3) is 5.91 Å². The van der Waals surface area contributed by atoms with Crippen molar-refractivity contribution in [2.75, 3.05) is 25.1 Å². The summed E-state index contributed by atoms with van der Waals surface area (Å²) in [5.74, 6) is 0.103. The van der Waals surface area contributed by atoms with E-state index in [9.17, 15) is 9.59 Å². The minimum Gasteiger partial charge on any atom is -0.381 e. The standard InChI is InChI=1S/C23H29N3O3S/c1-16(17-5-3-2-4-6-17)26-23(11-13-29-14-12-23)15-24-22(28)19-9-10-20(30-19)25-21(27)18-7-8-18/h2-6,9-10,16,18,26H,7-8,11-15H2,1H3,(H,24,28)(H,25,27). The minimum atomic E-state index is -0.205. The smallest absolute Gasteiger partial charge is 0.261 e. The van der Waals surface area contributed by atoms with Gasteiger partial charge in [-0.25, -0.2) is 0 Å². The van der Waals surface area contributed by atoms with E-state index in [4.69, 9.17) is 4.74 Å². The van der Waals surface area contributed by atoms with Crippen molar-refractivity contribution in [3.8, 4) is 0 Å². The first kappa shape index (κ1) is 21.0. The van der Waals surface area contributed by atoms with Crippen LogP contribution in [0.25, 0.3) is 0 Å². The summed E-state index contributed by atoms with van der Waals surface area (Å²) in [7, 11) is 0. The number of anilines is 1. The summed E-state index contributed by atoms with van der Waals surface area (Å²) in [6.45, 7) is 4.05. The molecule has 160 valence electrons. The highest BCUT2D eigenvalue weighted by Gasteiger charge is 2.34. The lowest BCUT2D eigenvalue weighted by molar-refractivity contribution is -0.117. The summed E-state index contributed by atoms with van der Waals surface area (Å²) in [6, 6.07) is 14.1. The Labute approximate surface area is 181 Å². The Morgan fingerprint density at radius 2 is 1.87 bits per heavy atom. The van der Waals surface area contributed by atoms with Crippen LogP contribution in [0.4, 0.5) is 5.00 Å². The number of carbonyl (C=O) groups is 2. The topological polar surface area (TPSA) is 79.5 Å². The molecule has 1 aliphatic heterocycles. The van der Waals surface area contributed by atoms with E-state index in [1.54, 1.807) is 12.1 Å². The maximum Gasteiger partial charge on any atom is 0.261 e. The maximum absolute atomic E-state index is 12.8. The highest BCUT2D eigenvalue weighted by Crippen LogP contribution is 2.32. The van der Waals surface area contributed by atoms with Crippen molar-refractivity contribution < 1.29 is 14.3 Å². The molecule has 1 aromatic carbocycles. The van der Waals surface area contributed by atoms with Crippen LogP contribution in [0.5, 0.6) is 0 Å². The molecule has 2 aliphatic rings. The molecule has 7 heteroatoms. The van der Waals surface area contributed by atoms with Crippen LogP contribution in [-0.4, -0.2) is 37.1 Å². The fourth-order valence-electron chi connectivity index (χ4n) is 3.85. The Morgan fingerprint density at radius 3 is 2.57 bits per heavy atom. The molecule has 2 heterocycles. The summed E-state index contributed by atoms with van der Waals surface area (Å²) < 4.78 is 5.58. The molecule has 2 aromatic rings. The lowest BCUT2D eigenvalue weighted by Gasteiger charge is -2.40. The summed E-state index contributed by atoms with van der Waals surface area (Å²) in [5, 5.41) is 10.5. The predicted molar refractivity (Wildman–Crippen MR) is 119 cm³/mol. The number of benzene rings is 1. The molecule has 0 bridgehead atoms. The van der Waals surface area contributed by atoms with Crippen molar-refractivity contribution in [2.24, 2.45) is 5.92 Å². The number of thiophene rings is 1. The number of carbonyl (C=O) groups excluding carboxylic acids is 2. The molecular formula is C23H29N3O3S. The van der Waals surface area contributed by atoms with Crippen LogP contribution < -0.4 is 16.0 Å². The molecule has 1 atom stereocenters. The minimum absolute atomic E-state index is 0.0593. The number of ether oxygens (including phenoxy) is 1. The molecule has 4 rings (SSSR count). The first-order chi connectivity index (χ1) is 14.5. The fourth-order valence-corrected chi connectivity index (χ4v) is 4.68. The molecule has 1 saturated heterocycles. The Bertz CT molecular complexity index is 873. The molecule has 0 spiro atoms. The third-order valence-corrected chi connectivity index (χ3v) is 6.88. The SMILES string of the molecule is CC(NC1(CNC(=O)c2ccc(NC(=O)C3CC3)s2)CCOCC1)c1ccccc1. The van der Waals surface area contributed by atoms with Crippen LogP contribution in [0, 0.1) is 5.92 Å². The number of hydrogen-bond acceptors (Lipinski definition) is 5. The summed E-state index contributed by atoms with van der Waals surface area (Å²) in [6.07, 6.45) is 3.62. The van der Waals surface area contributed by atoms with Crippen molar-refractivity contribution in [2.45, 2.75) is 44.2 Å². The van der Waals surface area contributed by atoms with Crippen molar-refractivity contribution >= 4 is 28.2 Å². The quantitative estimate of drug-likeness (QED) is 0.600. The molecule has 1 saturated carbocycles. The molecule has 2 fully saturated rings. The second-order valence-electron chi connectivity index (χ2n) is 8.28. The molecule has 2 amide bonds. The van der Waals surface area contributed by atoms with Crippen LogP contribution >= 0.6 is 11.3 Å². The monoisotopic (exact) mass is 427 g/mol. The van der Waals surface area contributed by atoms with Crippen LogP contribution in [0.15, 0.2) is 42.5 Å². The van der Waals surface area contributed by atoms with Gasteiger partial charge in [-0.05, 0) is 50.3 Å². The lowest BCUT2D eigenvalue weighted by Crippen LogP contribution is -2.57. The van der Waals surface area contributed by atoms with E-state index in [1.165, 1.54) is 16.9 Å². The number of hydrogen-bond donors (Lipinski definition) is 3. The molecule has 0 radical (unpaired) electrons. The van der Waals surface area contributed by atoms with Gasteiger partial charge in [-0.3, -0.25) is 9.59 Å². The first-order valence-corrected chi connectivity index (χ1v) is 11.5. The van der Waals surface area contributed by atoms with E-state index in [1.807, 2.05) is 18.2 Å². The zero-order chi connectivity index (χ0) is 21.0. The highest BCUT2D eigenvalue weighted by atomic mass is 32.1. The summed E-state index contributed by atoms with van der Waals surface area (Å²) >= 11 is 1.32. The Morgan fingerprint density at radius 1 is 1.13 bits per heavy atom. The van der Waals surface area contributed by atoms with Gasteiger partial charge in [0, 0.05) is 37.3 Å². The highest BCUT2D eigenvalue weighted by molar-refractivity contribution is 7.18. The molecule has 1 unspecified atom stereocenters. The normalized spacial score (nSPS) is 19.1. The average molecular weight is 428 g/mol. The predicted octanol–water partition coefficient (Wildman–Crippen LogP) is 3.73. The van der Waals surface area contributed by atoms with E-state index in [2.05, 4.69) is 35.0 Å². The van der Waals surface area contributed by atoms with Gasteiger partial charge in [0.1, 0.15) is 0 Å². The molecule has 1 aromatic heterocycles. The molecule has 1 aliphatic carbocycles. The van der Waals surface area contributed by atoms with E-state index >= 15 is 0 Å². The number of amides is 2. The zero-order valence-corrected chi connectivity index (χ0v) is 18.1. The van der Waals surface area contributed by atoms with Crippen LogP contribution in [0.3, 0.4) is 0 Å². The lowest BCUT2D eigenvalue weighted by atomic mass is 9.88. The van der Waals surface area contributed by atoms with Crippen molar-refractivity contribution in [3.63, 3.8) is 0 Å². The Balaban J connectivity index is 1.37. The third-order valence-electron chi connectivity index (χ3n) is 5.88. The van der Waals surface area contributed by atoms with Gasteiger partial charge in [0.05, 0.1) is 9.88 Å². The number of nitrogens with one attached hydrogen (secondary N) is 3. The second kappa shape index (κ2) is 9.29. The molecular weight excluding hydrogens is 398 g/mol. The van der Waals surface area contributed by atoms with Gasteiger partial charge >= 0.3 is 0 Å². The van der Waals surface area contributed by atoms with Gasteiger partial charge in [-0.15, -0.1) is 11.3 Å². The molecule has 30 heavy (non-hydrogen) atoms. The van der Waals surface area contributed by atoms with Crippen LogP contribution in [-0.2, 0) is 9.53 Å². The van der Waals surface area contributed by atoms with Gasteiger partial charge in [0.2, 0.25) is 5.91 Å². The van der Waals surface area contributed by atoms with Gasteiger partial charge < -0.3 is 20.7 Å². The fraction of sp³-hybridized carbons (Fsp3) is 0.478. The van der Waals surface area contributed by atoms with E-state index in [-0.39, 0.29) is 29.3 Å². The maximum atomic E-state index is 12.8. The van der Waals surface area contributed by atoms with E-state index < -0.39 is 0 Å². The van der Waals surface area contributed by atoms with Gasteiger partial charge in [0.15, 0.2) is 0 Å². The van der Waals surface area contributed by atoms with Crippen LogP contribution in [0.2, 0.25) is 0 Å². The van der Waals surface area contributed by atoms with Crippen LogP contribution in [0.1, 0.15) is 53.9 Å². The molecule has 3 N–H and O–H groups in total. The summed E-state index contributed by atoms with van der Waals surface area (Å²) in [5.41, 5.74) is 1.02. The largest absolute Gasteiger partial charge is 0.381 e. The van der Waals surface area contributed by atoms with Gasteiger partial charge in [-0.2, -0.15) is 0 Å². The van der Waals surface area contributed by atoms with Crippen molar-refractivity contribution in [1.29, 1.82) is 0 Å². The number of rotatable bonds is 8. The first-order valence-electron chi connectivity index (χ1n) is 10.6. The zero-order valence-electron chi connectivity index (χ0n) is 17.3. The van der Waals surface area contributed by atoms with E-state index in [0.29, 0.717) is 24.6 Å². The van der Waals surface area contributed by atoms with Crippen molar-refractivity contribution in [3.05, 3.63) is 52.9 Å². The summed E-state index contributed by atoms with van der Waals surface area (Å²) in [4.78, 5) is 25.3. The average Bonchev–Trinajstić information content (AvgIpc) is 3.53. The third kappa shape index (κ3) is 5.28. The van der Waals surface area contributed by atoms with E-state index in [0.717, 1.165) is 30.7 Å². The van der Waals surface area contributed by atoms with Crippen molar-refractivity contribution in [1.82, 2.24) is 10.6 Å². The Hall–Kier alpha value is -2.22. The van der Waals surface area contributed by atoms with Gasteiger partial charge in [-0.1, -0.05) is 30.3 Å². The second-order valence-corrected chi connectivity index (χ2v) is 9.36. The molecule has 6 nitrogen and oxygen atoms in total.